The number of hydrogen-bond acceptors (Lipinski definition) is 2. The second kappa shape index (κ2) is 5.52. The fourth-order valence-corrected chi connectivity index (χ4v) is 2.84. The Labute approximate surface area is 113 Å². The SMILES string of the molecule is CC(=O)c1cc(Br)ccc1Sc1ccccc1. The van der Waals surface area contributed by atoms with Crippen LogP contribution in [0.4, 0.5) is 0 Å². The van der Waals surface area contributed by atoms with E-state index in [1.807, 2.05) is 48.5 Å². The van der Waals surface area contributed by atoms with Gasteiger partial charge in [0.2, 0.25) is 0 Å². The summed E-state index contributed by atoms with van der Waals surface area (Å²) in [6.45, 7) is 1.59. The summed E-state index contributed by atoms with van der Waals surface area (Å²) in [5.74, 6) is 0.0877. The van der Waals surface area contributed by atoms with E-state index in [1.54, 1.807) is 18.7 Å². The molecule has 0 aliphatic heterocycles. The topological polar surface area (TPSA) is 17.1 Å². The second-order valence-corrected chi connectivity index (χ2v) is 5.64. The number of carbonyl (C=O) groups excluding carboxylic acids is 1. The molecule has 2 rings (SSSR count). The normalized spacial score (nSPS) is 10.2. The van der Waals surface area contributed by atoms with E-state index in [4.69, 9.17) is 0 Å². The zero-order valence-corrected chi connectivity index (χ0v) is 11.7. The van der Waals surface area contributed by atoms with Gasteiger partial charge in [0, 0.05) is 19.8 Å². The highest BCUT2D eigenvalue weighted by Crippen LogP contribution is 2.32. The largest absolute Gasteiger partial charge is 0.294 e. The third kappa shape index (κ3) is 3.20. The van der Waals surface area contributed by atoms with Crippen molar-refractivity contribution in [3.63, 3.8) is 0 Å². The number of halogens is 1. The third-order valence-corrected chi connectivity index (χ3v) is 3.87. The van der Waals surface area contributed by atoms with Crippen LogP contribution in [0.1, 0.15) is 17.3 Å². The summed E-state index contributed by atoms with van der Waals surface area (Å²) < 4.78 is 0.931. The van der Waals surface area contributed by atoms with Gasteiger partial charge >= 0.3 is 0 Å². The molecule has 0 spiro atoms. The quantitative estimate of drug-likeness (QED) is 0.757. The standard InChI is InChI=1S/C14H11BrOS/c1-10(16)13-9-11(15)7-8-14(13)17-12-5-3-2-4-6-12/h2-9H,1H3. The molecule has 3 heteroatoms. The van der Waals surface area contributed by atoms with Crippen molar-refractivity contribution in [1.29, 1.82) is 0 Å². The van der Waals surface area contributed by atoms with Crippen LogP contribution in [0.3, 0.4) is 0 Å². The van der Waals surface area contributed by atoms with Gasteiger partial charge in [-0.15, -0.1) is 0 Å². The van der Waals surface area contributed by atoms with Gasteiger partial charge in [0.15, 0.2) is 5.78 Å². The number of hydrogen-bond donors (Lipinski definition) is 0. The molecule has 0 N–H and O–H groups in total. The van der Waals surface area contributed by atoms with Crippen molar-refractivity contribution in [2.24, 2.45) is 0 Å². The van der Waals surface area contributed by atoms with Gasteiger partial charge in [-0.1, -0.05) is 45.9 Å². The zero-order valence-electron chi connectivity index (χ0n) is 9.31. The molecule has 0 saturated carbocycles. The lowest BCUT2D eigenvalue weighted by atomic mass is 10.1. The zero-order chi connectivity index (χ0) is 12.3. The molecule has 0 bridgehead atoms. The maximum Gasteiger partial charge on any atom is 0.160 e. The first-order valence-electron chi connectivity index (χ1n) is 5.20. The fourth-order valence-electron chi connectivity index (χ4n) is 1.48. The molecule has 0 heterocycles. The van der Waals surface area contributed by atoms with E-state index < -0.39 is 0 Å². The molecule has 0 atom stereocenters. The minimum absolute atomic E-state index is 0.0877. The molecular weight excluding hydrogens is 296 g/mol. The lowest BCUT2D eigenvalue weighted by Gasteiger charge is -2.07. The number of carbonyl (C=O) groups is 1. The van der Waals surface area contributed by atoms with E-state index in [9.17, 15) is 4.79 Å². The average Bonchev–Trinajstić information content (AvgIpc) is 2.32. The minimum atomic E-state index is 0.0877. The number of ketones is 1. The summed E-state index contributed by atoms with van der Waals surface area (Å²) in [6, 6.07) is 15.8. The van der Waals surface area contributed by atoms with Crippen molar-refractivity contribution in [2.75, 3.05) is 0 Å². The van der Waals surface area contributed by atoms with Crippen LogP contribution < -0.4 is 0 Å². The minimum Gasteiger partial charge on any atom is -0.294 e. The van der Waals surface area contributed by atoms with Gasteiger partial charge < -0.3 is 0 Å². The first-order valence-corrected chi connectivity index (χ1v) is 6.81. The molecule has 1 nitrogen and oxygen atoms in total. The summed E-state index contributed by atoms with van der Waals surface area (Å²) >= 11 is 5.00. The molecule has 86 valence electrons. The van der Waals surface area contributed by atoms with E-state index in [0.717, 1.165) is 19.8 Å². The van der Waals surface area contributed by atoms with Gasteiger partial charge in [0.25, 0.3) is 0 Å². The number of benzene rings is 2. The summed E-state index contributed by atoms with van der Waals surface area (Å²) in [5, 5.41) is 0. The molecule has 2 aromatic carbocycles. The highest BCUT2D eigenvalue weighted by molar-refractivity contribution is 9.10. The van der Waals surface area contributed by atoms with Gasteiger partial charge in [0.05, 0.1) is 0 Å². The van der Waals surface area contributed by atoms with Gasteiger partial charge in [0.1, 0.15) is 0 Å². The van der Waals surface area contributed by atoms with Crippen LogP contribution in [-0.4, -0.2) is 5.78 Å². The van der Waals surface area contributed by atoms with Gasteiger partial charge in [-0.2, -0.15) is 0 Å². The molecule has 0 aliphatic carbocycles. The van der Waals surface area contributed by atoms with Crippen molar-refractivity contribution in [2.45, 2.75) is 16.7 Å². The fraction of sp³-hybridized carbons (Fsp3) is 0.0714. The predicted octanol–water partition coefficient (Wildman–Crippen LogP) is 4.80. The maximum absolute atomic E-state index is 11.6. The molecule has 17 heavy (non-hydrogen) atoms. The molecule has 0 radical (unpaired) electrons. The molecule has 0 aromatic heterocycles. The monoisotopic (exact) mass is 306 g/mol. The van der Waals surface area contributed by atoms with E-state index in [-0.39, 0.29) is 5.78 Å². The van der Waals surface area contributed by atoms with Crippen molar-refractivity contribution in [3.8, 4) is 0 Å². The highest BCUT2D eigenvalue weighted by Gasteiger charge is 2.09. The molecule has 0 saturated heterocycles. The first kappa shape index (κ1) is 12.4. The van der Waals surface area contributed by atoms with Crippen LogP contribution in [0, 0.1) is 0 Å². The van der Waals surface area contributed by atoms with Crippen LogP contribution in [0.15, 0.2) is 62.8 Å². The predicted molar refractivity (Wildman–Crippen MR) is 74.7 cm³/mol. The Morgan fingerprint density at radius 2 is 1.82 bits per heavy atom. The molecule has 0 fully saturated rings. The van der Waals surface area contributed by atoms with E-state index in [2.05, 4.69) is 15.9 Å². The third-order valence-electron chi connectivity index (χ3n) is 2.29. The summed E-state index contributed by atoms with van der Waals surface area (Å²) in [6.07, 6.45) is 0. The summed E-state index contributed by atoms with van der Waals surface area (Å²) in [7, 11) is 0. The van der Waals surface area contributed by atoms with Gasteiger partial charge in [-0.25, -0.2) is 0 Å². The van der Waals surface area contributed by atoms with Crippen molar-refractivity contribution >= 4 is 33.5 Å². The van der Waals surface area contributed by atoms with Crippen LogP contribution >= 0.6 is 27.7 Å². The van der Waals surface area contributed by atoms with Crippen LogP contribution in [0.2, 0.25) is 0 Å². The molecular formula is C14H11BrOS. The van der Waals surface area contributed by atoms with E-state index in [1.165, 1.54) is 0 Å². The molecule has 0 unspecified atom stereocenters. The molecule has 0 aliphatic rings. The highest BCUT2D eigenvalue weighted by atomic mass is 79.9. The van der Waals surface area contributed by atoms with Crippen molar-refractivity contribution in [1.82, 2.24) is 0 Å². The summed E-state index contributed by atoms with van der Waals surface area (Å²) in [5.41, 5.74) is 0.758. The van der Waals surface area contributed by atoms with Crippen LogP contribution in [0.5, 0.6) is 0 Å². The van der Waals surface area contributed by atoms with Crippen molar-refractivity contribution < 1.29 is 4.79 Å². The Kier molecular flexibility index (Phi) is 4.02. The molecule has 2 aromatic rings. The first-order chi connectivity index (χ1) is 8.16. The lowest BCUT2D eigenvalue weighted by molar-refractivity contribution is 0.101. The Balaban J connectivity index is 2.36. The Morgan fingerprint density at radius 1 is 1.12 bits per heavy atom. The number of Topliss-reactive ketones (excluding diaryl/α,β-unsaturated/α-hetero) is 1. The van der Waals surface area contributed by atoms with E-state index >= 15 is 0 Å². The summed E-state index contributed by atoms with van der Waals surface area (Å²) in [4.78, 5) is 13.7. The van der Waals surface area contributed by atoms with Crippen LogP contribution in [0.25, 0.3) is 0 Å². The Morgan fingerprint density at radius 3 is 2.47 bits per heavy atom. The smallest absolute Gasteiger partial charge is 0.160 e. The molecule has 0 amide bonds. The van der Waals surface area contributed by atoms with Crippen LogP contribution in [-0.2, 0) is 0 Å². The van der Waals surface area contributed by atoms with E-state index in [0.29, 0.717) is 0 Å². The maximum atomic E-state index is 11.6. The second-order valence-electron chi connectivity index (χ2n) is 3.61. The van der Waals surface area contributed by atoms with Crippen molar-refractivity contribution in [3.05, 3.63) is 58.6 Å². The average molecular weight is 307 g/mol. The van der Waals surface area contributed by atoms with Gasteiger partial charge in [-0.05, 0) is 37.3 Å². The Bertz CT molecular complexity index is 537. The Hall–Kier alpha value is -1.06. The lowest BCUT2D eigenvalue weighted by Crippen LogP contribution is -1.94. The number of rotatable bonds is 3. The van der Waals surface area contributed by atoms with Gasteiger partial charge in [-0.3, -0.25) is 4.79 Å².